The Labute approximate surface area is 121 Å². The number of nitrogens with zero attached hydrogens (tertiary/aromatic N) is 2. The van der Waals surface area contributed by atoms with E-state index < -0.39 is 11.6 Å². The smallest absolute Gasteiger partial charge is 0.153 e. The topological polar surface area (TPSA) is 17.8 Å². The van der Waals surface area contributed by atoms with E-state index in [9.17, 15) is 8.78 Å². The Morgan fingerprint density at radius 2 is 2.00 bits per heavy atom. The third kappa shape index (κ3) is 2.01. The van der Waals surface area contributed by atoms with Gasteiger partial charge in [-0.3, -0.25) is 0 Å². The van der Waals surface area contributed by atoms with Crippen LogP contribution in [0.2, 0.25) is 0 Å². The van der Waals surface area contributed by atoms with Crippen LogP contribution in [0.25, 0.3) is 11.0 Å². The van der Waals surface area contributed by atoms with Crippen LogP contribution in [0, 0.1) is 17.6 Å². The lowest BCUT2D eigenvalue weighted by Gasteiger charge is -2.30. The van der Waals surface area contributed by atoms with Crippen molar-refractivity contribution in [3.8, 4) is 0 Å². The number of benzene rings is 1. The Kier molecular flexibility index (Phi) is 3.05. The van der Waals surface area contributed by atoms with Gasteiger partial charge in [0.1, 0.15) is 17.2 Å². The minimum atomic E-state index is -0.635. The number of imidazole rings is 1. The number of halogens is 3. The zero-order valence-corrected chi connectivity index (χ0v) is 12.5. The van der Waals surface area contributed by atoms with Crippen molar-refractivity contribution in [1.82, 2.24) is 9.55 Å². The third-order valence-electron chi connectivity index (χ3n) is 4.21. The highest BCUT2D eigenvalue weighted by molar-refractivity contribution is 6.20. The van der Waals surface area contributed by atoms with Gasteiger partial charge in [0.2, 0.25) is 0 Å². The monoisotopic (exact) mass is 298 g/mol. The maximum atomic E-state index is 13.9. The molecule has 108 valence electrons. The molecule has 1 aliphatic rings. The molecule has 20 heavy (non-hydrogen) atoms. The molecule has 1 fully saturated rings. The first kappa shape index (κ1) is 13.8. The summed E-state index contributed by atoms with van der Waals surface area (Å²) in [6, 6.07) is 2.21. The molecule has 0 spiro atoms. The van der Waals surface area contributed by atoms with Crippen LogP contribution in [-0.4, -0.2) is 9.55 Å². The number of aromatic nitrogens is 2. The second-order valence-electron chi connectivity index (χ2n) is 6.10. The Bertz CT molecular complexity index is 672. The Hall–Kier alpha value is -1.16. The quantitative estimate of drug-likeness (QED) is 0.747. The van der Waals surface area contributed by atoms with E-state index in [1.807, 2.05) is 4.57 Å². The molecule has 3 rings (SSSR count). The summed E-state index contributed by atoms with van der Waals surface area (Å²) in [5, 5.41) is -0.358. The summed E-state index contributed by atoms with van der Waals surface area (Å²) >= 11 is 6.20. The predicted molar refractivity (Wildman–Crippen MR) is 76.0 cm³/mol. The molecule has 2 nitrogen and oxygen atoms in total. The molecule has 1 saturated carbocycles. The van der Waals surface area contributed by atoms with Crippen LogP contribution >= 0.6 is 11.6 Å². The first-order chi connectivity index (χ1) is 9.32. The lowest BCUT2D eigenvalue weighted by Crippen LogP contribution is -2.30. The first-order valence-corrected chi connectivity index (χ1v) is 7.28. The SMILES string of the molecule is CC(Cl)c1nc2c(F)cc(F)cc2n1C(C)(C)C1CC1. The summed E-state index contributed by atoms with van der Waals surface area (Å²) < 4.78 is 29.4. The molecule has 0 bridgehead atoms. The van der Waals surface area contributed by atoms with E-state index in [-0.39, 0.29) is 16.4 Å². The van der Waals surface area contributed by atoms with Crippen LogP contribution in [0.3, 0.4) is 0 Å². The molecule has 1 aromatic heterocycles. The van der Waals surface area contributed by atoms with Gasteiger partial charge in [-0.25, -0.2) is 13.8 Å². The highest BCUT2D eigenvalue weighted by Gasteiger charge is 2.41. The lowest BCUT2D eigenvalue weighted by molar-refractivity contribution is 0.304. The van der Waals surface area contributed by atoms with Gasteiger partial charge >= 0.3 is 0 Å². The zero-order valence-electron chi connectivity index (χ0n) is 11.8. The van der Waals surface area contributed by atoms with E-state index in [2.05, 4.69) is 18.8 Å². The van der Waals surface area contributed by atoms with Crippen molar-refractivity contribution in [2.45, 2.75) is 44.5 Å². The summed E-state index contributed by atoms with van der Waals surface area (Å²) in [7, 11) is 0. The number of alkyl halides is 1. The van der Waals surface area contributed by atoms with Crippen LogP contribution in [0.1, 0.15) is 44.8 Å². The molecule has 0 saturated heterocycles. The van der Waals surface area contributed by atoms with Crippen LogP contribution in [0.5, 0.6) is 0 Å². The molecule has 2 aromatic rings. The Morgan fingerprint density at radius 1 is 1.35 bits per heavy atom. The van der Waals surface area contributed by atoms with E-state index in [0.29, 0.717) is 17.3 Å². The standard InChI is InChI=1S/C15H17ClF2N2/c1-8(16)14-19-13-11(18)6-10(17)7-12(13)20(14)15(2,3)9-4-5-9/h6-9H,4-5H2,1-3H3. The summed E-state index contributed by atoms with van der Waals surface area (Å²) in [4.78, 5) is 4.32. The van der Waals surface area contributed by atoms with Gasteiger partial charge in [0.25, 0.3) is 0 Å². The van der Waals surface area contributed by atoms with Crippen LogP contribution in [0.15, 0.2) is 12.1 Å². The fourth-order valence-electron chi connectivity index (χ4n) is 2.97. The van der Waals surface area contributed by atoms with Crippen molar-refractivity contribution in [1.29, 1.82) is 0 Å². The average molecular weight is 299 g/mol. The number of rotatable bonds is 3. The summed E-state index contributed by atoms with van der Waals surface area (Å²) in [6.07, 6.45) is 2.25. The van der Waals surface area contributed by atoms with Crippen molar-refractivity contribution < 1.29 is 8.78 Å². The van der Waals surface area contributed by atoms with Crippen molar-refractivity contribution >= 4 is 22.6 Å². The maximum absolute atomic E-state index is 13.9. The van der Waals surface area contributed by atoms with E-state index in [4.69, 9.17) is 11.6 Å². The van der Waals surface area contributed by atoms with Crippen molar-refractivity contribution in [2.75, 3.05) is 0 Å². The number of fused-ring (bicyclic) bond motifs is 1. The van der Waals surface area contributed by atoms with Gasteiger partial charge < -0.3 is 4.57 Å². The number of hydrogen-bond acceptors (Lipinski definition) is 1. The minimum Gasteiger partial charge on any atom is -0.321 e. The zero-order chi connectivity index (χ0) is 14.7. The lowest BCUT2D eigenvalue weighted by atomic mass is 9.97. The van der Waals surface area contributed by atoms with E-state index in [1.54, 1.807) is 6.92 Å². The van der Waals surface area contributed by atoms with Gasteiger partial charge in [-0.15, -0.1) is 11.6 Å². The third-order valence-corrected chi connectivity index (χ3v) is 4.41. The van der Waals surface area contributed by atoms with Gasteiger partial charge in [0.05, 0.1) is 10.9 Å². The van der Waals surface area contributed by atoms with Crippen LogP contribution in [0.4, 0.5) is 8.78 Å². The van der Waals surface area contributed by atoms with Gasteiger partial charge in [0.15, 0.2) is 5.82 Å². The summed E-state index contributed by atoms with van der Waals surface area (Å²) in [5.41, 5.74) is 0.442. The van der Waals surface area contributed by atoms with Crippen molar-refractivity contribution in [2.24, 2.45) is 5.92 Å². The molecule has 0 aliphatic heterocycles. The molecule has 1 aliphatic carbocycles. The van der Waals surface area contributed by atoms with Crippen LogP contribution < -0.4 is 0 Å². The van der Waals surface area contributed by atoms with Gasteiger partial charge in [0, 0.05) is 11.6 Å². The van der Waals surface area contributed by atoms with Gasteiger partial charge in [-0.05, 0) is 45.6 Å². The van der Waals surface area contributed by atoms with Gasteiger partial charge in [-0.1, -0.05) is 0 Å². The number of hydrogen-bond donors (Lipinski definition) is 0. The largest absolute Gasteiger partial charge is 0.321 e. The summed E-state index contributed by atoms with van der Waals surface area (Å²) in [5.74, 6) is -0.121. The Balaban J connectivity index is 2.34. The normalized spacial score (nSPS) is 17.7. The van der Waals surface area contributed by atoms with E-state index in [1.165, 1.54) is 6.07 Å². The molecule has 1 heterocycles. The van der Waals surface area contributed by atoms with Crippen molar-refractivity contribution in [3.63, 3.8) is 0 Å². The molecular formula is C15H17ClF2N2. The van der Waals surface area contributed by atoms with E-state index in [0.717, 1.165) is 18.9 Å². The average Bonchev–Trinajstić information content (AvgIpc) is 3.10. The molecule has 1 unspecified atom stereocenters. The predicted octanol–water partition coefficient (Wildman–Crippen LogP) is 4.76. The van der Waals surface area contributed by atoms with E-state index >= 15 is 0 Å². The molecular weight excluding hydrogens is 282 g/mol. The molecule has 0 N–H and O–H groups in total. The van der Waals surface area contributed by atoms with Gasteiger partial charge in [-0.2, -0.15) is 0 Å². The Morgan fingerprint density at radius 3 is 2.55 bits per heavy atom. The molecule has 0 radical (unpaired) electrons. The maximum Gasteiger partial charge on any atom is 0.153 e. The second-order valence-corrected chi connectivity index (χ2v) is 6.76. The molecule has 1 aromatic carbocycles. The highest BCUT2D eigenvalue weighted by atomic mass is 35.5. The fraction of sp³-hybridized carbons (Fsp3) is 0.533. The minimum absolute atomic E-state index is 0.197. The summed E-state index contributed by atoms with van der Waals surface area (Å²) in [6.45, 7) is 5.96. The highest BCUT2D eigenvalue weighted by Crippen LogP contribution is 2.46. The fourth-order valence-corrected chi connectivity index (χ4v) is 3.11. The molecule has 5 heteroatoms. The van der Waals surface area contributed by atoms with Crippen LogP contribution in [-0.2, 0) is 5.54 Å². The molecule has 0 amide bonds. The molecule has 1 atom stereocenters. The van der Waals surface area contributed by atoms with Crippen molar-refractivity contribution in [3.05, 3.63) is 29.6 Å². The first-order valence-electron chi connectivity index (χ1n) is 6.84. The second kappa shape index (κ2) is 4.42.